The number of fused-ring (bicyclic) bond motifs is 1. The van der Waals surface area contributed by atoms with E-state index >= 15 is 0 Å². The summed E-state index contributed by atoms with van der Waals surface area (Å²) in [5, 5.41) is 0. The van der Waals surface area contributed by atoms with E-state index in [-0.39, 0.29) is 0 Å². The predicted octanol–water partition coefficient (Wildman–Crippen LogP) is 2.54. The smallest absolute Gasteiger partial charge is 0.215 e. The molecule has 0 aromatic carbocycles. The molecule has 3 aromatic rings. The Morgan fingerprint density at radius 3 is 2.81 bits per heavy atom. The highest BCUT2D eigenvalue weighted by atomic mass is 16.5. The first-order valence-corrected chi connectivity index (χ1v) is 6.98. The summed E-state index contributed by atoms with van der Waals surface area (Å²) in [5.74, 6) is 1.50. The third-order valence-electron chi connectivity index (χ3n) is 3.79. The average molecular weight is 281 g/mol. The molecule has 0 radical (unpaired) electrons. The number of methoxy groups -OCH3 is 1. The number of pyridine rings is 1. The zero-order valence-corrected chi connectivity index (χ0v) is 11.9. The standard InChI is InChI=1S/C15H15N5O/c1-9-11(7-16-8-17-9)14-18-12-5-6-13(21-2)19-15(12)20(14)10-3-4-10/h5-8,10H,3-4H2,1-2H3. The molecule has 1 saturated carbocycles. The molecule has 6 heteroatoms. The van der Waals surface area contributed by atoms with E-state index in [1.165, 1.54) is 0 Å². The SMILES string of the molecule is COc1ccc2nc(-c3cncnc3C)n(C3CC3)c2n1. The van der Waals surface area contributed by atoms with Gasteiger partial charge in [-0.2, -0.15) is 4.98 Å². The van der Waals surface area contributed by atoms with Crippen molar-refractivity contribution in [2.24, 2.45) is 0 Å². The van der Waals surface area contributed by atoms with E-state index < -0.39 is 0 Å². The number of nitrogens with zero attached hydrogens (tertiary/aromatic N) is 5. The van der Waals surface area contributed by atoms with Gasteiger partial charge in [-0.05, 0) is 25.8 Å². The maximum Gasteiger partial charge on any atom is 0.215 e. The summed E-state index contributed by atoms with van der Waals surface area (Å²) in [6, 6.07) is 4.25. The van der Waals surface area contributed by atoms with Crippen molar-refractivity contribution < 1.29 is 4.74 Å². The molecule has 21 heavy (non-hydrogen) atoms. The third-order valence-corrected chi connectivity index (χ3v) is 3.79. The van der Waals surface area contributed by atoms with Crippen molar-refractivity contribution in [1.82, 2.24) is 24.5 Å². The molecule has 3 aromatic heterocycles. The molecule has 0 spiro atoms. The highest BCUT2D eigenvalue weighted by Crippen LogP contribution is 2.41. The minimum absolute atomic E-state index is 0.462. The van der Waals surface area contributed by atoms with Gasteiger partial charge in [0.2, 0.25) is 5.88 Å². The van der Waals surface area contributed by atoms with Crippen LogP contribution < -0.4 is 4.74 Å². The average Bonchev–Trinajstić information content (AvgIpc) is 3.27. The van der Waals surface area contributed by atoms with Crippen LogP contribution in [-0.4, -0.2) is 31.6 Å². The van der Waals surface area contributed by atoms with Gasteiger partial charge >= 0.3 is 0 Å². The number of imidazole rings is 1. The Labute approximate surface area is 121 Å². The first kappa shape index (κ1) is 12.3. The van der Waals surface area contributed by atoms with Crippen LogP contribution in [0, 0.1) is 6.92 Å². The first-order chi connectivity index (χ1) is 10.3. The summed E-state index contributed by atoms with van der Waals surface area (Å²) >= 11 is 0. The third kappa shape index (κ3) is 1.94. The maximum absolute atomic E-state index is 5.24. The van der Waals surface area contributed by atoms with Crippen LogP contribution in [0.5, 0.6) is 5.88 Å². The molecular weight excluding hydrogens is 266 g/mol. The minimum Gasteiger partial charge on any atom is -0.481 e. The Morgan fingerprint density at radius 1 is 1.24 bits per heavy atom. The van der Waals surface area contributed by atoms with Crippen LogP contribution in [0.25, 0.3) is 22.6 Å². The summed E-state index contributed by atoms with van der Waals surface area (Å²) < 4.78 is 7.44. The van der Waals surface area contributed by atoms with Crippen molar-refractivity contribution in [1.29, 1.82) is 0 Å². The highest BCUT2D eigenvalue weighted by molar-refractivity contribution is 5.78. The van der Waals surface area contributed by atoms with Crippen molar-refractivity contribution in [3.8, 4) is 17.3 Å². The van der Waals surface area contributed by atoms with Gasteiger partial charge in [0.15, 0.2) is 5.65 Å². The molecule has 0 N–H and O–H groups in total. The van der Waals surface area contributed by atoms with E-state index in [2.05, 4.69) is 19.5 Å². The lowest BCUT2D eigenvalue weighted by Crippen LogP contribution is -2.01. The van der Waals surface area contributed by atoms with Crippen LogP contribution in [0.3, 0.4) is 0 Å². The van der Waals surface area contributed by atoms with Gasteiger partial charge in [0.1, 0.15) is 17.7 Å². The zero-order chi connectivity index (χ0) is 14.4. The van der Waals surface area contributed by atoms with E-state index in [9.17, 15) is 0 Å². The topological polar surface area (TPSA) is 65.7 Å². The summed E-state index contributed by atoms with van der Waals surface area (Å²) in [6.07, 6.45) is 5.69. The molecule has 0 amide bonds. The Kier molecular flexibility index (Phi) is 2.63. The summed E-state index contributed by atoms with van der Waals surface area (Å²) in [6.45, 7) is 1.97. The molecule has 1 fully saturated rings. The predicted molar refractivity (Wildman–Crippen MR) is 78.1 cm³/mol. The van der Waals surface area contributed by atoms with Crippen LogP contribution in [0.15, 0.2) is 24.7 Å². The van der Waals surface area contributed by atoms with Gasteiger partial charge < -0.3 is 9.30 Å². The molecule has 3 heterocycles. The molecule has 0 atom stereocenters. The second-order valence-electron chi connectivity index (χ2n) is 5.25. The summed E-state index contributed by atoms with van der Waals surface area (Å²) in [7, 11) is 1.63. The normalized spacial score (nSPS) is 14.6. The monoisotopic (exact) mass is 281 g/mol. The van der Waals surface area contributed by atoms with Crippen molar-refractivity contribution in [3.63, 3.8) is 0 Å². The lowest BCUT2D eigenvalue weighted by molar-refractivity contribution is 0.399. The number of aromatic nitrogens is 5. The minimum atomic E-state index is 0.462. The molecule has 1 aliphatic carbocycles. The van der Waals surface area contributed by atoms with Gasteiger partial charge in [-0.15, -0.1) is 0 Å². The number of hydrogen-bond acceptors (Lipinski definition) is 5. The Bertz CT molecular complexity index is 822. The van der Waals surface area contributed by atoms with Gasteiger partial charge in [-0.25, -0.2) is 15.0 Å². The van der Waals surface area contributed by atoms with E-state index in [4.69, 9.17) is 9.72 Å². The lowest BCUT2D eigenvalue weighted by Gasteiger charge is -2.08. The van der Waals surface area contributed by atoms with Gasteiger partial charge in [-0.1, -0.05) is 0 Å². The van der Waals surface area contributed by atoms with Gasteiger partial charge in [0.05, 0.1) is 18.4 Å². The van der Waals surface area contributed by atoms with Crippen LogP contribution in [0.4, 0.5) is 0 Å². The van der Waals surface area contributed by atoms with Crippen LogP contribution in [0.1, 0.15) is 24.6 Å². The molecule has 4 rings (SSSR count). The summed E-state index contributed by atoms with van der Waals surface area (Å²) in [5.41, 5.74) is 3.63. The second-order valence-corrected chi connectivity index (χ2v) is 5.25. The molecule has 0 unspecified atom stereocenters. The van der Waals surface area contributed by atoms with Crippen LogP contribution in [-0.2, 0) is 0 Å². The quantitative estimate of drug-likeness (QED) is 0.738. The van der Waals surface area contributed by atoms with Gasteiger partial charge in [0.25, 0.3) is 0 Å². The van der Waals surface area contributed by atoms with Gasteiger partial charge in [-0.3, -0.25) is 0 Å². The van der Waals surface area contributed by atoms with Gasteiger partial charge in [0, 0.05) is 18.3 Å². The molecular formula is C15H15N5O. The number of aryl methyl sites for hydroxylation is 1. The molecule has 6 nitrogen and oxygen atoms in total. The number of ether oxygens (including phenoxy) is 1. The van der Waals surface area contributed by atoms with Crippen molar-refractivity contribution >= 4 is 11.2 Å². The Morgan fingerprint density at radius 2 is 2.10 bits per heavy atom. The molecule has 0 aliphatic heterocycles. The number of rotatable bonds is 3. The highest BCUT2D eigenvalue weighted by Gasteiger charge is 2.30. The molecule has 0 bridgehead atoms. The van der Waals surface area contributed by atoms with Crippen molar-refractivity contribution in [2.45, 2.75) is 25.8 Å². The molecule has 106 valence electrons. The lowest BCUT2D eigenvalue weighted by atomic mass is 10.2. The van der Waals surface area contributed by atoms with Crippen molar-refractivity contribution in [3.05, 3.63) is 30.4 Å². The van der Waals surface area contributed by atoms with E-state index in [1.54, 1.807) is 13.4 Å². The van der Waals surface area contributed by atoms with Crippen LogP contribution >= 0.6 is 0 Å². The van der Waals surface area contributed by atoms with E-state index in [0.717, 1.165) is 41.1 Å². The number of hydrogen-bond donors (Lipinski definition) is 0. The van der Waals surface area contributed by atoms with E-state index in [0.29, 0.717) is 11.9 Å². The van der Waals surface area contributed by atoms with E-state index in [1.807, 2.05) is 25.3 Å². The Balaban J connectivity index is 2.00. The van der Waals surface area contributed by atoms with Crippen molar-refractivity contribution in [2.75, 3.05) is 7.11 Å². The largest absolute Gasteiger partial charge is 0.481 e. The molecule has 0 saturated heterocycles. The Hall–Kier alpha value is -2.50. The first-order valence-electron chi connectivity index (χ1n) is 6.98. The van der Waals surface area contributed by atoms with Crippen LogP contribution in [0.2, 0.25) is 0 Å². The summed E-state index contributed by atoms with van der Waals surface area (Å²) in [4.78, 5) is 17.7. The fourth-order valence-corrected chi connectivity index (χ4v) is 2.55. The molecule has 1 aliphatic rings. The second kappa shape index (κ2) is 4.51. The zero-order valence-electron chi connectivity index (χ0n) is 11.9. The fraction of sp³-hybridized carbons (Fsp3) is 0.333. The fourth-order valence-electron chi connectivity index (χ4n) is 2.55. The maximum atomic E-state index is 5.24.